The van der Waals surface area contributed by atoms with Crippen LogP contribution in [0.3, 0.4) is 0 Å². The minimum absolute atomic E-state index is 0.0939. The number of ether oxygens (including phenoxy) is 4. The molecule has 0 aliphatic carbocycles. The van der Waals surface area contributed by atoms with E-state index in [9.17, 15) is 0 Å². The summed E-state index contributed by atoms with van der Waals surface area (Å²) in [6.07, 6.45) is 3.14. The lowest BCUT2D eigenvalue weighted by Gasteiger charge is -2.41. The molecule has 0 spiro atoms. The summed E-state index contributed by atoms with van der Waals surface area (Å²) in [6.45, 7) is 3.03. The largest absolute Gasteiger partial charge is 0.493 e. The van der Waals surface area contributed by atoms with Crippen molar-refractivity contribution in [2.45, 2.75) is 19.4 Å². The maximum atomic E-state index is 5.74. The molecular weight excluding hydrogens is 354 g/mol. The van der Waals surface area contributed by atoms with Gasteiger partial charge in [0.05, 0.1) is 14.2 Å². The van der Waals surface area contributed by atoms with Gasteiger partial charge in [0.2, 0.25) is 6.79 Å². The standard InChI is InChI=1S/C23H21NO4/c1-4-5-17-22-15(6-7-19(25-2)23(22)26-3)10-18-16-12-21-20(27-13-28-21)11-14(16)8-9-24(17)18/h6-7,10-12,17H,8-9,13H2,1-3H3. The zero-order chi connectivity index (χ0) is 19.3. The van der Waals surface area contributed by atoms with Gasteiger partial charge in [0.15, 0.2) is 23.0 Å². The lowest BCUT2D eigenvalue weighted by molar-refractivity contribution is 0.174. The maximum Gasteiger partial charge on any atom is 0.231 e. The third kappa shape index (κ3) is 2.34. The van der Waals surface area contributed by atoms with Crippen LogP contribution < -0.4 is 18.9 Å². The van der Waals surface area contributed by atoms with E-state index in [2.05, 4.69) is 41.0 Å². The van der Waals surface area contributed by atoms with Crippen LogP contribution in [0.2, 0.25) is 0 Å². The monoisotopic (exact) mass is 375 g/mol. The lowest BCUT2D eigenvalue weighted by Crippen LogP contribution is -2.35. The molecule has 2 aromatic carbocycles. The highest BCUT2D eigenvalue weighted by molar-refractivity contribution is 5.88. The summed E-state index contributed by atoms with van der Waals surface area (Å²) < 4.78 is 22.5. The molecule has 5 heteroatoms. The van der Waals surface area contributed by atoms with Crippen LogP contribution in [0.25, 0.3) is 11.8 Å². The minimum Gasteiger partial charge on any atom is -0.493 e. The maximum absolute atomic E-state index is 5.74. The Bertz CT molecular complexity index is 1060. The van der Waals surface area contributed by atoms with Crippen molar-refractivity contribution >= 4 is 11.8 Å². The highest BCUT2D eigenvalue weighted by Crippen LogP contribution is 2.49. The molecule has 28 heavy (non-hydrogen) atoms. The van der Waals surface area contributed by atoms with Gasteiger partial charge in [0.25, 0.3) is 0 Å². The van der Waals surface area contributed by atoms with E-state index in [1.165, 1.54) is 11.1 Å². The molecule has 5 nitrogen and oxygen atoms in total. The summed E-state index contributed by atoms with van der Waals surface area (Å²) in [6, 6.07) is 8.14. The third-order valence-corrected chi connectivity index (χ3v) is 5.58. The lowest BCUT2D eigenvalue weighted by atomic mass is 9.86. The summed E-state index contributed by atoms with van der Waals surface area (Å²) in [5.74, 6) is 9.61. The van der Waals surface area contributed by atoms with Crippen molar-refractivity contribution in [1.29, 1.82) is 0 Å². The van der Waals surface area contributed by atoms with Gasteiger partial charge in [0, 0.05) is 23.4 Å². The van der Waals surface area contributed by atoms with Crippen LogP contribution in [0, 0.1) is 11.8 Å². The second kappa shape index (κ2) is 6.42. The van der Waals surface area contributed by atoms with E-state index in [4.69, 9.17) is 18.9 Å². The fourth-order valence-electron chi connectivity index (χ4n) is 4.34. The molecule has 1 atom stereocenters. The fraction of sp³-hybridized carbons (Fsp3) is 0.304. The molecule has 3 aliphatic heterocycles. The first-order chi connectivity index (χ1) is 13.7. The van der Waals surface area contributed by atoms with Gasteiger partial charge in [-0.2, -0.15) is 0 Å². The molecule has 3 aliphatic rings. The smallest absolute Gasteiger partial charge is 0.231 e. The summed E-state index contributed by atoms with van der Waals surface area (Å²) in [7, 11) is 3.34. The topological polar surface area (TPSA) is 40.2 Å². The molecule has 0 N–H and O–H groups in total. The first-order valence-corrected chi connectivity index (χ1v) is 9.33. The number of rotatable bonds is 2. The van der Waals surface area contributed by atoms with Gasteiger partial charge in [-0.05, 0) is 48.7 Å². The highest BCUT2D eigenvalue weighted by atomic mass is 16.7. The van der Waals surface area contributed by atoms with Gasteiger partial charge in [-0.1, -0.05) is 12.0 Å². The van der Waals surface area contributed by atoms with E-state index in [0.717, 1.165) is 52.8 Å². The van der Waals surface area contributed by atoms with E-state index in [1.54, 1.807) is 14.2 Å². The molecule has 0 saturated carbocycles. The molecule has 142 valence electrons. The van der Waals surface area contributed by atoms with Crippen LogP contribution in [-0.4, -0.2) is 32.5 Å². The first-order valence-electron chi connectivity index (χ1n) is 9.33. The van der Waals surface area contributed by atoms with E-state index >= 15 is 0 Å². The Morgan fingerprint density at radius 3 is 2.68 bits per heavy atom. The molecule has 0 saturated heterocycles. The Labute approximate surface area is 164 Å². The molecule has 0 amide bonds. The van der Waals surface area contributed by atoms with Crippen LogP contribution >= 0.6 is 0 Å². The summed E-state index contributed by atoms with van der Waals surface area (Å²) in [5.41, 5.74) is 5.77. The van der Waals surface area contributed by atoms with Gasteiger partial charge in [-0.3, -0.25) is 0 Å². The Morgan fingerprint density at radius 2 is 1.93 bits per heavy atom. The fourth-order valence-corrected chi connectivity index (χ4v) is 4.34. The van der Waals surface area contributed by atoms with Crippen molar-refractivity contribution in [2.24, 2.45) is 0 Å². The van der Waals surface area contributed by atoms with Crippen molar-refractivity contribution in [1.82, 2.24) is 4.90 Å². The Balaban J connectivity index is 1.74. The summed E-state index contributed by atoms with van der Waals surface area (Å²) in [4.78, 5) is 2.35. The Morgan fingerprint density at radius 1 is 1.11 bits per heavy atom. The molecular formula is C23H21NO4. The van der Waals surface area contributed by atoms with Crippen LogP contribution in [0.15, 0.2) is 24.3 Å². The highest BCUT2D eigenvalue weighted by Gasteiger charge is 2.36. The van der Waals surface area contributed by atoms with Crippen molar-refractivity contribution in [3.63, 3.8) is 0 Å². The van der Waals surface area contributed by atoms with Gasteiger partial charge in [-0.25, -0.2) is 0 Å². The van der Waals surface area contributed by atoms with Crippen molar-refractivity contribution in [2.75, 3.05) is 27.6 Å². The van der Waals surface area contributed by atoms with Crippen LogP contribution in [0.5, 0.6) is 23.0 Å². The van der Waals surface area contributed by atoms with Gasteiger partial charge < -0.3 is 23.8 Å². The molecule has 1 unspecified atom stereocenters. The molecule has 0 bridgehead atoms. The molecule has 0 radical (unpaired) electrons. The molecule has 3 heterocycles. The zero-order valence-electron chi connectivity index (χ0n) is 16.2. The Kier molecular flexibility index (Phi) is 3.87. The zero-order valence-corrected chi connectivity index (χ0v) is 16.2. The number of fused-ring (bicyclic) bond motifs is 5. The minimum atomic E-state index is -0.0939. The van der Waals surface area contributed by atoms with E-state index in [-0.39, 0.29) is 12.8 Å². The van der Waals surface area contributed by atoms with E-state index < -0.39 is 0 Å². The molecule has 5 rings (SSSR count). The Hall–Kier alpha value is -3.26. The van der Waals surface area contributed by atoms with Gasteiger partial charge >= 0.3 is 0 Å². The van der Waals surface area contributed by atoms with Crippen LogP contribution in [-0.2, 0) is 6.42 Å². The van der Waals surface area contributed by atoms with Gasteiger partial charge in [0.1, 0.15) is 6.04 Å². The SMILES string of the molecule is CC#CC1c2c(ccc(OC)c2OC)C=C2c3cc4c(cc3CCN21)OCO4. The van der Waals surface area contributed by atoms with E-state index in [1.807, 2.05) is 13.0 Å². The van der Waals surface area contributed by atoms with Crippen molar-refractivity contribution in [3.05, 3.63) is 46.5 Å². The predicted molar refractivity (Wildman–Crippen MR) is 107 cm³/mol. The predicted octanol–water partition coefficient (Wildman–Crippen LogP) is 3.87. The molecule has 2 aromatic rings. The number of methoxy groups -OCH3 is 2. The van der Waals surface area contributed by atoms with Crippen molar-refractivity contribution < 1.29 is 18.9 Å². The number of benzene rings is 2. The van der Waals surface area contributed by atoms with Crippen molar-refractivity contribution in [3.8, 4) is 34.8 Å². The normalized spacial score (nSPS) is 18.2. The second-order valence-corrected chi connectivity index (χ2v) is 6.94. The van der Waals surface area contributed by atoms with Crippen LogP contribution in [0.4, 0.5) is 0 Å². The van der Waals surface area contributed by atoms with Crippen LogP contribution in [0.1, 0.15) is 35.2 Å². The number of hydrogen-bond acceptors (Lipinski definition) is 5. The average Bonchev–Trinajstić information content (AvgIpc) is 3.18. The first kappa shape index (κ1) is 16.9. The third-order valence-electron chi connectivity index (χ3n) is 5.58. The molecule has 0 aromatic heterocycles. The molecule has 0 fully saturated rings. The summed E-state index contributed by atoms with van der Waals surface area (Å²) in [5, 5.41) is 0. The summed E-state index contributed by atoms with van der Waals surface area (Å²) >= 11 is 0. The second-order valence-electron chi connectivity index (χ2n) is 6.94. The van der Waals surface area contributed by atoms with E-state index in [0.29, 0.717) is 0 Å². The van der Waals surface area contributed by atoms with Gasteiger partial charge in [-0.15, -0.1) is 5.92 Å². The quantitative estimate of drug-likeness (QED) is 0.746. The average molecular weight is 375 g/mol. The number of nitrogens with zero attached hydrogens (tertiary/aromatic N) is 1. The number of hydrogen-bond donors (Lipinski definition) is 0.